The quantitative estimate of drug-likeness (QED) is 0.184. The van der Waals surface area contributed by atoms with E-state index in [1.807, 2.05) is 48.6 Å². The highest BCUT2D eigenvalue weighted by Crippen LogP contribution is 2.46. The van der Waals surface area contributed by atoms with Gasteiger partial charge < -0.3 is 20.3 Å². The molecule has 5 atom stereocenters. The first-order chi connectivity index (χ1) is 26.5. The minimum atomic E-state index is -3.90. The molecule has 3 fully saturated rings. The Hall–Kier alpha value is -5.51. The molecule has 3 N–H and O–H groups in total. The van der Waals surface area contributed by atoms with E-state index in [0.29, 0.717) is 49.3 Å². The summed E-state index contributed by atoms with van der Waals surface area (Å²) in [4.78, 5) is 75.2. The number of allylic oxidation sites excluding steroid dienone is 1. The molecule has 4 aromatic rings. The normalized spacial score (nSPS) is 26.5. The van der Waals surface area contributed by atoms with Crippen LogP contribution in [0.5, 0.6) is 5.88 Å². The summed E-state index contributed by atoms with van der Waals surface area (Å²) in [5, 5.41) is 7.55. The maximum Gasteiger partial charge on any atom is 0.272 e. The van der Waals surface area contributed by atoms with Gasteiger partial charge in [0.15, 0.2) is 5.65 Å². The van der Waals surface area contributed by atoms with Crippen LogP contribution >= 0.6 is 0 Å². The minimum Gasteiger partial charge on any atom is -0.472 e. The highest BCUT2D eigenvalue weighted by atomic mass is 32.2. The Balaban J connectivity index is 1.12. The fraction of sp³-hybridized carbons (Fsp3) is 0.436. The first-order valence-electron chi connectivity index (χ1n) is 18.8. The molecule has 0 spiro atoms. The lowest BCUT2D eigenvalue weighted by Gasteiger charge is -2.29. The molecule has 1 aromatic carbocycles. The summed E-state index contributed by atoms with van der Waals surface area (Å²) >= 11 is 0. The lowest BCUT2D eigenvalue weighted by Crippen LogP contribution is -2.58. The van der Waals surface area contributed by atoms with E-state index in [0.717, 1.165) is 29.0 Å². The lowest BCUT2D eigenvalue weighted by molar-refractivity contribution is -0.141. The van der Waals surface area contributed by atoms with Gasteiger partial charge in [-0.2, -0.15) is 4.98 Å². The number of benzene rings is 1. The molecule has 0 bridgehead atoms. The van der Waals surface area contributed by atoms with Crippen LogP contribution in [0.4, 0.5) is 0 Å². The molecule has 5 heterocycles. The summed E-state index contributed by atoms with van der Waals surface area (Å²) in [5.74, 6) is -2.63. The molecule has 55 heavy (non-hydrogen) atoms. The third-order valence-corrected chi connectivity index (χ3v) is 12.7. The van der Waals surface area contributed by atoms with Crippen molar-refractivity contribution in [1.29, 1.82) is 0 Å². The van der Waals surface area contributed by atoms with Crippen molar-refractivity contribution in [2.45, 2.75) is 93.7 Å². The van der Waals surface area contributed by atoms with E-state index in [1.165, 1.54) is 17.3 Å². The third kappa shape index (κ3) is 7.46. The van der Waals surface area contributed by atoms with E-state index in [1.54, 1.807) is 13.1 Å². The fourth-order valence-electron chi connectivity index (χ4n) is 7.59. The van der Waals surface area contributed by atoms with Crippen LogP contribution < -0.4 is 20.1 Å². The van der Waals surface area contributed by atoms with E-state index in [9.17, 15) is 27.6 Å². The van der Waals surface area contributed by atoms with Crippen LogP contribution in [0, 0.1) is 12.8 Å². The van der Waals surface area contributed by atoms with Crippen LogP contribution in [-0.4, -0.2) is 92.4 Å². The second-order valence-electron chi connectivity index (χ2n) is 14.9. The van der Waals surface area contributed by atoms with E-state index < -0.39 is 68.5 Å². The molecule has 0 unspecified atom stereocenters. The van der Waals surface area contributed by atoms with Crippen molar-refractivity contribution < 1.29 is 32.3 Å². The number of amides is 4. The minimum absolute atomic E-state index is 0.0253. The molecular weight excluding hydrogens is 725 g/mol. The molecule has 3 aromatic heterocycles. The standard InChI is InChI=1S/C39H42N8O7S/c1-23-20-42-31(21-41-23)34(48)43-30-14-6-4-2-3-5-10-24-19-39(24,38(51)46-55(52,53)26-15-16-26)45-35(49)32-18-25(22-47(32)37(30)50)54-36-29-12-8-7-11-27(29)28-13-9-17-40-33(28)44-36/h5,7-13,17,20-21,24-26,30,32H,2-4,6,14-16,18-19,22H2,1H3,(H,43,48)(H,45,49)(H,46,51)/b10-5-/t24-,25-,30+,32+,39-/m1/s1. The highest BCUT2D eigenvalue weighted by Gasteiger charge is 2.62. The van der Waals surface area contributed by atoms with E-state index in [4.69, 9.17) is 9.72 Å². The molecular formula is C39H42N8O7S. The first-order valence-corrected chi connectivity index (χ1v) is 20.3. The maximum absolute atomic E-state index is 14.6. The van der Waals surface area contributed by atoms with Crippen LogP contribution in [0.1, 0.15) is 74.0 Å². The topological polar surface area (TPSA) is 203 Å². The number of carbonyl (C=O) groups excluding carboxylic acids is 4. The second kappa shape index (κ2) is 14.6. The number of hydrogen-bond acceptors (Lipinski definition) is 11. The van der Waals surface area contributed by atoms with Crippen LogP contribution in [0.3, 0.4) is 0 Å². The van der Waals surface area contributed by atoms with Crippen molar-refractivity contribution in [3.8, 4) is 5.88 Å². The second-order valence-corrected chi connectivity index (χ2v) is 16.9. The van der Waals surface area contributed by atoms with Gasteiger partial charge in [-0.1, -0.05) is 43.2 Å². The van der Waals surface area contributed by atoms with Crippen LogP contribution in [0.15, 0.2) is 67.1 Å². The van der Waals surface area contributed by atoms with Gasteiger partial charge in [0.1, 0.15) is 29.4 Å². The van der Waals surface area contributed by atoms with E-state index in [-0.39, 0.29) is 25.1 Å². The number of carbonyl (C=O) groups is 4. The van der Waals surface area contributed by atoms with Gasteiger partial charge in [0.2, 0.25) is 27.7 Å². The molecule has 2 saturated carbocycles. The Morgan fingerprint density at radius 2 is 1.76 bits per heavy atom. The monoisotopic (exact) mass is 766 g/mol. The molecule has 4 aliphatic rings. The number of ether oxygens (including phenoxy) is 1. The molecule has 16 heteroatoms. The van der Waals surface area contributed by atoms with Crippen LogP contribution in [-0.2, 0) is 24.4 Å². The fourth-order valence-corrected chi connectivity index (χ4v) is 8.96. The van der Waals surface area contributed by atoms with Crippen molar-refractivity contribution in [2.75, 3.05) is 6.54 Å². The summed E-state index contributed by atoms with van der Waals surface area (Å²) in [6, 6.07) is 9.23. The summed E-state index contributed by atoms with van der Waals surface area (Å²) in [5.41, 5.74) is -0.357. The molecule has 15 nitrogen and oxygen atoms in total. The zero-order valence-corrected chi connectivity index (χ0v) is 31.1. The molecule has 0 radical (unpaired) electrons. The Morgan fingerprint density at radius 1 is 0.964 bits per heavy atom. The average Bonchev–Trinajstić information content (AvgIpc) is 4.11. The van der Waals surface area contributed by atoms with Crippen LogP contribution in [0.2, 0.25) is 0 Å². The van der Waals surface area contributed by atoms with Gasteiger partial charge in [0, 0.05) is 35.5 Å². The number of nitrogens with zero attached hydrogens (tertiary/aromatic N) is 5. The van der Waals surface area contributed by atoms with Gasteiger partial charge in [-0.25, -0.2) is 18.4 Å². The van der Waals surface area contributed by atoms with Crippen molar-refractivity contribution >= 4 is 55.5 Å². The van der Waals surface area contributed by atoms with E-state index >= 15 is 0 Å². The summed E-state index contributed by atoms with van der Waals surface area (Å²) in [6.45, 7) is 1.73. The van der Waals surface area contributed by atoms with Crippen LogP contribution in [0.25, 0.3) is 21.8 Å². The Labute approximate surface area is 317 Å². The SMILES string of the molecule is Cc1cnc(C(=O)N[C@H]2CCCCC/C=C\[C@@H]3C[C@@]3(C(=O)NS(=O)(=O)C3CC3)NC(=O)[C@@H]3C[C@@H](Oc4nc5ncccc5c5ccccc45)CN3C2=O)cn1. The first kappa shape index (κ1) is 36.5. The van der Waals surface area contributed by atoms with Gasteiger partial charge in [-0.15, -0.1) is 0 Å². The smallest absolute Gasteiger partial charge is 0.272 e. The summed E-state index contributed by atoms with van der Waals surface area (Å²) < 4.78 is 34.5. The van der Waals surface area contributed by atoms with Gasteiger partial charge in [0.05, 0.1) is 23.7 Å². The van der Waals surface area contributed by atoms with Crippen molar-refractivity contribution in [3.05, 3.63) is 78.5 Å². The molecule has 2 aliphatic heterocycles. The summed E-state index contributed by atoms with van der Waals surface area (Å²) in [6.07, 6.45) is 11.9. The molecule has 2 aliphatic carbocycles. The number of rotatable bonds is 7. The molecule has 4 amide bonds. The third-order valence-electron chi connectivity index (χ3n) is 10.9. The largest absolute Gasteiger partial charge is 0.472 e. The number of sulfonamides is 1. The molecule has 286 valence electrons. The number of fused-ring (bicyclic) bond motifs is 5. The number of hydrogen-bond donors (Lipinski definition) is 3. The Kier molecular flexibility index (Phi) is 9.69. The lowest BCUT2D eigenvalue weighted by atomic mass is 10.0. The van der Waals surface area contributed by atoms with Gasteiger partial charge >= 0.3 is 0 Å². The zero-order chi connectivity index (χ0) is 38.3. The number of aromatic nitrogens is 4. The molecule has 8 rings (SSSR count). The van der Waals surface area contributed by atoms with Gasteiger partial charge in [0.25, 0.3) is 11.8 Å². The van der Waals surface area contributed by atoms with Crippen molar-refractivity contribution in [3.63, 3.8) is 0 Å². The predicted octanol–water partition coefficient (Wildman–Crippen LogP) is 3.03. The van der Waals surface area contributed by atoms with Crippen molar-refractivity contribution in [1.82, 2.24) is 40.2 Å². The van der Waals surface area contributed by atoms with Crippen molar-refractivity contribution in [2.24, 2.45) is 5.92 Å². The maximum atomic E-state index is 14.6. The zero-order valence-electron chi connectivity index (χ0n) is 30.3. The van der Waals surface area contributed by atoms with Gasteiger partial charge in [-0.05, 0) is 69.0 Å². The number of pyridine rings is 2. The number of nitrogens with one attached hydrogen (secondary N) is 3. The van der Waals surface area contributed by atoms with Gasteiger partial charge in [-0.3, -0.25) is 28.9 Å². The Morgan fingerprint density at radius 3 is 2.55 bits per heavy atom. The average molecular weight is 767 g/mol. The summed E-state index contributed by atoms with van der Waals surface area (Å²) in [7, 11) is -3.90. The van der Waals surface area contributed by atoms with E-state index in [2.05, 4.69) is 30.3 Å². The molecule has 1 saturated heterocycles. The highest BCUT2D eigenvalue weighted by molar-refractivity contribution is 7.91. The number of aryl methyl sites for hydroxylation is 1. The Bertz CT molecular complexity index is 2320. The predicted molar refractivity (Wildman–Crippen MR) is 201 cm³/mol.